The molecule has 0 bridgehead atoms. The summed E-state index contributed by atoms with van der Waals surface area (Å²) < 4.78 is 0. The SMILES string of the molecule is CC[Si](Cl)(Cl)C#N. The molecule has 0 amide bonds. The van der Waals surface area contributed by atoms with Crippen molar-refractivity contribution in [2.45, 2.75) is 13.0 Å². The molecule has 0 heterocycles. The second kappa shape index (κ2) is 2.56. The molecule has 0 aromatic heterocycles. The zero-order valence-corrected chi connectivity index (χ0v) is 6.42. The van der Waals surface area contributed by atoms with E-state index in [0.717, 1.165) is 0 Å². The van der Waals surface area contributed by atoms with Crippen LogP contribution in [0.15, 0.2) is 0 Å². The van der Waals surface area contributed by atoms with Crippen molar-refractivity contribution in [2.75, 3.05) is 0 Å². The average molecular weight is 154 g/mol. The molecule has 40 valence electrons. The van der Waals surface area contributed by atoms with Crippen molar-refractivity contribution in [1.82, 2.24) is 0 Å². The van der Waals surface area contributed by atoms with Crippen molar-refractivity contribution < 1.29 is 0 Å². The van der Waals surface area contributed by atoms with Gasteiger partial charge in [0.25, 0.3) is 0 Å². The van der Waals surface area contributed by atoms with Crippen LogP contribution in [0.25, 0.3) is 0 Å². The summed E-state index contributed by atoms with van der Waals surface area (Å²) in [5, 5.41) is 8.14. The van der Waals surface area contributed by atoms with Crippen molar-refractivity contribution in [1.29, 1.82) is 5.26 Å². The number of nitriles is 1. The van der Waals surface area contributed by atoms with Crippen LogP contribution in [0.5, 0.6) is 0 Å². The van der Waals surface area contributed by atoms with Crippen LogP contribution in [0.4, 0.5) is 0 Å². The van der Waals surface area contributed by atoms with Crippen LogP contribution in [0.2, 0.25) is 6.04 Å². The second-order valence-electron chi connectivity index (χ2n) is 1.17. The van der Waals surface area contributed by atoms with Gasteiger partial charge in [-0.05, 0) is 6.04 Å². The molecule has 0 saturated carbocycles. The van der Waals surface area contributed by atoms with Crippen LogP contribution in [-0.2, 0) is 0 Å². The van der Waals surface area contributed by atoms with E-state index in [1.165, 1.54) is 0 Å². The monoisotopic (exact) mass is 153 g/mol. The Morgan fingerprint density at radius 2 is 2.14 bits per heavy atom. The highest BCUT2D eigenvalue weighted by Crippen LogP contribution is 2.17. The van der Waals surface area contributed by atoms with Gasteiger partial charge in [0.15, 0.2) is 0 Å². The van der Waals surface area contributed by atoms with Gasteiger partial charge in [-0.2, -0.15) is 0 Å². The van der Waals surface area contributed by atoms with Gasteiger partial charge in [0, 0.05) is 0 Å². The first-order chi connectivity index (χ1) is 3.12. The molecular weight excluding hydrogens is 149 g/mol. The maximum Gasteiger partial charge on any atom is 0.356 e. The van der Waals surface area contributed by atoms with E-state index in [1.807, 2.05) is 12.6 Å². The zero-order chi connectivity index (χ0) is 5.91. The van der Waals surface area contributed by atoms with Gasteiger partial charge in [0.05, 0.1) is 5.69 Å². The maximum absolute atomic E-state index is 8.14. The fraction of sp³-hybridized carbons (Fsp3) is 0.667. The Labute approximate surface area is 53.3 Å². The molecule has 7 heavy (non-hydrogen) atoms. The van der Waals surface area contributed by atoms with Gasteiger partial charge in [-0.15, -0.1) is 22.2 Å². The minimum atomic E-state index is -2.40. The summed E-state index contributed by atoms with van der Waals surface area (Å²) >= 11 is 10.9. The van der Waals surface area contributed by atoms with Gasteiger partial charge in [-0.25, -0.2) is 5.26 Å². The molecule has 0 spiro atoms. The summed E-state index contributed by atoms with van der Waals surface area (Å²) in [6.07, 6.45) is 0. The molecule has 0 radical (unpaired) electrons. The second-order valence-corrected chi connectivity index (χ2v) is 7.96. The Kier molecular flexibility index (Phi) is 2.66. The van der Waals surface area contributed by atoms with Gasteiger partial charge in [-0.3, -0.25) is 0 Å². The van der Waals surface area contributed by atoms with Crippen LogP contribution < -0.4 is 0 Å². The van der Waals surface area contributed by atoms with E-state index in [1.54, 1.807) is 0 Å². The van der Waals surface area contributed by atoms with E-state index < -0.39 is 6.69 Å². The third kappa shape index (κ3) is 2.92. The van der Waals surface area contributed by atoms with E-state index >= 15 is 0 Å². The van der Waals surface area contributed by atoms with Crippen molar-refractivity contribution >= 4 is 28.9 Å². The number of halogens is 2. The first-order valence-electron chi connectivity index (χ1n) is 1.91. The molecule has 4 heteroatoms. The predicted molar refractivity (Wildman–Crippen MR) is 33.6 cm³/mol. The smallest absolute Gasteiger partial charge is 0.203 e. The van der Waals surface area contributed by atoms with Crippen LogP contribution in [0, 0.1) is 11.0 Å². The van der Waals surface area contributed by atoms with Crippen LogP contribution in [0.3, 0.4) is 0 Å². The van der Waals surface area contributed by atoms with Gasteiger partial charge < -0.3 is 0 Å². The number of hydrogen-bond donors (Lipinski definition) is 0. The minimum Gasteiger partial charge on any atom is -0.203 e. The molecule has 0 aliphatic carbocycles. The molecule has 0 fully saturated rings. The third-order valence-corrected chi connectivity index (χ3v) is 3.93. The topological polar surface area (TPSA) is 23.8 Å². The molecule has 0 aromatic rings. The number of nitrogens with zero attached hydrogens (tertiary/aromatic N) is 1. The lowest BCUT2D eigenvalue weighted by Gasteiger charge is -1.97. The fourth-order valence-corrected chi connectivity index (χ4v) is 0.237. The normalized spacial score (nSPS) is 10.6. The Morgan fingerprint density at radius 3 is 2.14 bits per heavy atom. The van der Waals surface area contributed by atoms with Crippen molar-refractivity contribution in [3.8, 4) is 5.69 Å². The summed E-state index contributed by atoms with van der Waals surface area (Å²) in [4.78, 5) is 0. The van der Waals surface area contributed by atoms with E-state index in [9.17, 15) is 0 Å². The van der Waals surface area contributed by atoms with E-state index in [-0.39, 0.29) is 0 Å². The molecule has 0 aliphatic heterocycles. The summed E-state index contributed by atoms with van der Waals surface area (Å²) in [5.74, 6) is 0. The van der Waals surface area contributed by atoms with Gasteiger partial charge >= 0.3 is 6.69 Å². The molecule has 0 aromatic carbocycles. The van der Waals surface area contributed by atoms with Gasteiger partial charge in [-0.1, -0.05) is 6.92 Å². The highest BCUT2D eigenvalue weighted by molar-refractivity contribution is 7.48. The van der Waals surface area contributed by atoms with Crippen molar-refractivity contribution in [2.24, 2.45) is 0 Å². The van der Waals surface area contributed by atoms with Crippen LogP contribution >= 0.6 is 22.2 Å². The lowest BCUT2D eigenvalue weighted by molar-refractivity contribution is 1.43. The summed E-state index contributed by atoms with van der Waals surface area (Å²) in [7, 11) is 0. The molecule has 0 N–H and O–H groups in total. The van der Waals surface area contributed by atoms with Gasteiger partial charge in [0.1, 0.15) is 0 Å². The fourth-order valence-electron chi connectivity index (χ4n) is 0.0791. The lowest BCUT2D eigenvalue weighted by atomic mass is 11.0. The van der Waals surface area contributed by atoms with Crippen LogP contribution in [0.1, 0.15) is 6.92 Å². The Morgan fingerprint density at radius 1 is 1.71 bits per heavy atom. The Bertz CT molecular complexity index is 95.6. The average Bonchev–Trinajstić information content (AvgIpc) is 1.68. The summed E-state index contributed by atoms with van der Waals surface area (Å²) in [6, 6.07) is 0.604. The molecule has 0 saturated heterocycles. The highest BCUT2D eigenvalue weighted by atomic mass is 35.7. The standard InChI is InChI=1S/C3H5Cl2NSi/c1-2-7(4,5)3-6/h2H2,1H3. The molecular formula is C3H5Cl2NSi. The first kappa shape index (κ1) is 7.29. The molecule has 0 unspecified atom stereocenters. The van der Waals surface area contributed by atoms with Crippen LogP contribution in [-0.4, -0.2) is 6.69 Å². The lowest BCUT2D eigenvalue weighted by Crippen LogP contribution is -2.12. The summed E-state index contributed by atoms with van der Waals surface area (Å²) in [6.45, 7) is -0.586. The van der Waals surface area contributed by atoms with Crippen molar-refractivity contribution in [3.05, 3.63) is 0 Å². The highest BCUT2D eigenvalue weighted by Gasteiger charge is 2.24. The van der Waals surface area contributed by atoms with E-state index in [0.29, 0.717) is 6.04 Å². The zero-order valence-electron chi connectivity index (χ0n) is 3.91. The predicted octanol–water partition coefficient (Wildman–Crippen LogP) is 1.99. The first-order valence-corrected chi connectivity index (χ1v) is 6.14. The van der Waals surface area contributed by atoms with E-state index in [4.69, 9.17) is 27.4 Å². The van der Waals surface area contributed by atoms with Gasteiger partial charge in [0.2, 0.25) is 0 Å². The molecule has 0 rings (SSSR count). The number of hydrogen-bond acceptors (Lipinski definition) is 1. The number of rotatable bonds is 1. The largest absolute Gasteiger partial charge is 0.356 e. The Hall–Kier alpha value is 0.287. The Balaban J connectivity index is 3.66. The molecule has 1 nitrogen and oxygen atoms in total. The quantitative estimate of drug-likeness (QED) is 0.418. The van der Waals surface area contributed by atoms with Crippen molar-refractivity contribution in [3.63, 3.8) is 0 Å². The minimum absolute atomic E-state index is 0.604. The maximum atomic E-state index is 8.14. The molecule has 0 aliphatic rings. The third-order valence-electron chi connectivity index (χ3n) is 0.608. The summed E-state index contributed by atoms with van der Waals surface area (Å²) in [5.41, 5.74) is 1.86. The van der Waals surface area contributed by atoms with E-state index in [2.05, 4.69) is 0 Å². The molecule has 0 atom stereocenters.